The summed E-state index contributed by atoms with van der Waals surface area (Å²) in [5.74, 6) is -0.141. The zero-order valence-corrected chi connectivity index (χ0v) is 9.90. The van der Waals surface area contributed by atoms with Crippen molar-refractivity contribution in [1.29, 1.82) is 0 Å². The molecule has 1 N–H and O–H groups in total. The molecule has 0 aliphatic rings. The van der Waals surface area contributed by atoms with Crippen molar-refractivity contribution in [2.45, 2.75) is 13.8 Å². The van der Waals surface area contributed by atoms with Gasteiger partial charge in [-0.1, -0.05) is 13.8 Å². The van der Waals surface area contributed by atoms with Gasteiger partial charge < -0.3 is 0 Å². The summed E-state index contributed by atoms with van der Waals surface area (Å²) in [6.07, 6.45) is 0. The fourth-order valence-electron chi connectivity index (χ4n) is 0.421. The molecule has 0 aromatic carbocycles. The van der Waals surface area contributed by atoms with Gasteiger partial charge in [-0.2, -0.15) is 8.42 Å². The third-order valence-corrected chi connectivity index (χ3v) is 1.63. The predicted molar refractivity (Wildman–Crippen MR) is 37.0 cm³/mol. The molecule has 0 aromatic heterocycles. The maximum atomic E-state index is 10.00. The van der Waals surface area contributed by atoms with Crippen molar-refractivity contribution in [3.8, 4) is 0 Å². The Bertz CT molecular complexity index is 149. The zero-order chi connectivity index (χ0) is 6.78. The molecule has 0 rings (SSSR count). The van der Waals surface area contributed by atoms with Crippen LogP contribution in [0.4, 0.5) is 0 Å². The molecule has 0 amide bonds. The average Bonchev–Trinajstić information content (AvgIpc) is 1.21. The summed E-state index contributed by atoms with van der Waals surface area (Å²) in [6.45, 7) is 3.46. The minimum absolute atomic E-state index is 0. The van der Waals surface area contributed by atoms with Gasteiger partial charge in [0.1, 0.15) is 0 Å². The van der Waals surface area contributed by atoms with Crippen molar-refractivity contribution in [2.75, 3.05) is 5.75 Å². The van der Waals surface area contributed by atoms with E-state index in [0.29, 0.717) is 0 Å². The number of hydrogen-bond donors (Lipinski definition) is 1. The first kappa shape index (κ1) is 13.2. The van der Waals surface area contributed by atoms with E-state index < -0.39 is 10.1 Å². The van der Waals surface area contributed by atoms with E-state index in [4.69, 9.17) is 4.55 Å². The van der Waals surface area contributed by atoms with E-state index >= 15 is 0 Å². The second-order valence-electron chi connectivity index (χ2n) is 2.14. The predicted octanol–water partition coefficient (Wildman–Crippen LogP) is 0.149. The van der Waals surface area contributed by atoms with Crippen molar-refractivity contribution in [3.63, 3.8) is 0 Å². The molecule has 5 heteroatoms. The van der Waals surface area contributed by atoms with E-state index in [9.17, 15) is 8.42 Å². The first-order chi connectivity index (χ1) is 3.42. The third-order valence-electron chi connectivity index (χ3n) is 0.544. The minimum Gasteiger partial charge on any atom is -0.286 e. The molecule has 0 unspecified atom stereocenters. The molecule has 0 saturated heterocycles. The molecule has 0 aromatic rings. The normalized spacial score (nSPS) is 11.1. The summed E-state index contributed by atoms with van der Waals surface area (Å²) in [6, 6.07) is 0. The molecule has 0 atom stereocenters. The van der Waals surface area contributed by atoms with E-state index in [1.54, 1.807) is 13.8 Å². The molecule has 0 saturated carbocycles. The van der Waals surface area contributed by atoms with Gasteiger partial charge in [-0.05, 0) is 5.92 Å². The van der Waals surface area contributed by atoms with Gasteiger partial charge in [0.2, 0.25) is 0 Å². The summed E-state index contributed by atoms with van der Waals surface area (Å²) < 4.78 is 28.2. The Kier molecular flexibility index (Phi) is 7.65. The first-order valence-electron chi connectivity index (χ1n) is 2.37. The molecule has 3 nitrogen and oxygen atoms in total. The molecular weight excluding hydrogens is 167 g/mol. The van der Waals surface area contributed by atoms with Crippen LogP contribution >= 0.6 is 0 Å². The fraction of sp³-hybridized carbons (Fsp3) is 1.00. The summed E-state index contributed by atoms with van der Waals surface area (Å²) >= 11 is 0. The molecule has 1 radical (unpaired) electrons. The largest absolute Gasteiger partial charge is 0.286 e. The average molecular weight is 177 g/mol. The number of hydrogen-bond acceptors (Lipinski definition) is 2. The van der Waals surface area contributed by atoms with Crippen molar-refractivity contribution in [3.05, 3.63) is 0 Å². The van der Waals surface area contributed by atoms with Crippen LogP contribution in [0.25, 0.3) is 0 Å². The van der Waals surface area contributed by atoms with Crippen LogP contribution in [0.1, 0.15) is 13.8 Å². The van der Waals surface area contributed by atoms with Crippen LogP contribution in [0.5, 0.6) is 0 Å². The smallest absolute Gasteiger partial charge is 0.265 e. The monoisotopic (exact) mass is 177 g/mol. The van der Waals surface area contributed by atoms with E-state index in [-0.39, 0.29) is 63.1 Å². The Morgan fingerprint density at radius 1 is 1.44 bits per heavy atom. The molecule has 0 fully saturated rings. The van der Waals surface area contributed by atoms with Crippen LogP contribution in [-0.4, -0.2) is 70.1 Å². The van der Waals surface area contributed by atoms with Gasteiger partial charge in [0.05, 0.1) is 5.75 Å². The minimum atomic E-state index is -3.72. The maximum absolute atomic E-state index is 10.00. The van der Waals surface area contributed by atoms with Gasteiger partial charge in [-0.3, -0.25) is 4.55 Å². The Morgan fingerprint density at radius 3 is 1.78 bits per heavy atom. The van der Waals surface area contributed by atoms with Crippen LogP contribution < -0.4 is 0 Å². The van der Waals surface area contributed by atoms with E-state index in [2.05, 4.69) is 0 Å². The van der Waals surface area contributed by atoms with Crippen LogP contribution in [0, 0.1) is 5.92 Å². The SMILES string of the molecule is CC(C)CS(=O)(=O)O.[K]. The number of rotatable bonds is 2. The topological polar surface area (TPSA) is 54.4 Å². The van der Waals surface area contributed by atoms with Crippen LogP contribution in [0.15, 0.2) is 0 Å². The Labute approximate surface area is 98.4 Å². The van der Waals surface area contributed by atoms with Gasteiger partial charge in [0.25, 0.3) is 10.1 Å². The van der Waals surface area contributed by atoms with E-state index in [1.165, 1.54) is 0 Å². The Morgan fingerprint density at radius 2 is 1.78 bits per heavy atom. The second kappa shape index (κ2) is 5.23. The van der Waals surface area contributed by atoms with Gasteiger partial charge in [-0.15, -0.1) is 0 Å². The summed E-state index contributed by atoms with van der Waals surface area (Å²) in [5.41, 5.74) is 0. The molecule has 0 heterocycles. The third kappa shape index (κ3) is 12.7. The van der Waals surface area contributed by atoms with Gasteiger partial charge in [0, 0.05) is 51.4 Å². The molecule has 0 aliphatic carbocycles. The molecule has 0 aliphatic heterocycles. The standard InChI is InChI=1S/C4H10O3S.K/c1-4(2)3-8(5,6)7;/h4H,3H2,1-2H3,(H,5,6,7);. The summed E-state index contributed by atoms with van der Waals surface area (Å²) in [5, 5.41) is 0. The van der Waals surface area contributed by atoms with Crippen LogP contribution in [0.3, 0.4) is 0 Å². The second-order valence-corrected chi connectivity index (χ2v) is 3.64. The van der Waals surface area contributed by atoms with E-state index in [1.807, 2.05) is 0 Å². The van der Waals surface area contributed by atoms with Gasteiger partial charge in [-0.25, -0.2) is 0 Å². The maximum Gasteiger partial charge on any atom is 0.265 e. The molecular formula is C4H10KO3S. The summed E-state index contributed by atoms with van der Waals surface area (Å²) in [7, 11) is -3.72. The van der Waals surface area contributed by atoms with Crippen molar-refractivity contribution >= 4 is 61.5 Å². The van der Waals surface area contributed by atoms with Crippen molar-refractivity contribution in [1.82, 2.24) is 0 Å². The van der Waals surface area contributed by atoms with Crippen molar-refractivity contribution in [2.24, 2.45) is 5.92 Å². The quantitative estimate of drug-likeness (QED) is 0.482. The fourth-order valence-corrected chi connectivity index (χ4v) is 1.26. The molecule has 9 heavy (non-hydrogen) atoms. The first-order valence-corrected chi connectivity index (χ1v) is 3.98. The van der Waals surface area contributed by atoms with Gasteiger partial charge in [0.15, 0.2) is 0 Å². The summed E-state index contributed by atoms with van der Waals surface area (Å²) in [4.78, 5) is 0. The van der Waals surface area contributed by atoms with Crippen molar-refractivity contribution < 1.29 is 13.0 Å². The molecule has 51 valence electrons. The zero-order valence-electron chi connectivity index (χ0n) is 5.96. The Balaban J connectivity index is 0. The molecule has 0 spiro atoms. The Hall–Kier alpha value is 1.55. The molecule has 0 bridgehead atoms. The van der Waals surface area contributed by atoms with Crippen LogP contribution in [0.2, 0.25) is 0 Å². The van der Waals surface area contributed by atoms with Crippen LogP contribution in [-0.2, 0) is 10.1 Å². The van der Waals surface area contributed by atoms with E-state index in [0.717, 1.165) is 0 Å². The van der Waals surface area contributed by atoms with Gasteiger partial charge >= 0.3 is 0 Å².